The molecule has 7 aliphatic rings. The molecule has 0 spiro atoms. The van der Waals surface area contributed by atoms with E-state index in [4.69, 9.17) is 52.1 Å². The van der Waals surface area contributed by atoms with Crippen molar-refractivity contribution in [1.82, 2.24) is 0 Å². The fourth-order valence-corrected chi connectivity index (χ4v) is 13.5. The van der Waals surface area contributed by atoms with Crippen LogP contribution < -0.4 is 0 Å². The number of carbonyl (C=O) groups excluding carboxylic acids is 3. The zero-order valence-electron chi connectivity index (χ0n) is 40.1. The lowest BCUT2D eigenvalue weighted by Gasteiger charge is -2.67. The minimum absolute atomic E-state index is 0.0682. The molecule has 7 rings (SSSR count). The Morgan fingerprint density at radius 2 is 1.38 bits per heavy atom. The standard InChI is InChI=1S/C47H74O18/c1-22(48)30-15-18-47(54)45(30,9)41(52)34(51)40-43(7)16-14-29(19-28(43)13-17-46(40,47)53)65-44(8)21-32(56-11)36(25(4)64-44)62-33-20-31(55-10)35(23(2)58-33)63-42-39(61-27(6)50)38(57-12)37(24(3)59-42)60-26(5)49/h13,23-25,29-42,51-54H,14-21H2,1-12H3. The van der Waals surface area contributed by atoms with Crippen LogP contribution in [0.1, 0.15) is 114 Å². The smallest absolute Gasteiger partial charge is 0.303 e. The second-order valence-corrected chi connectivity index (χ2v) is 20.5. The van der Waals surface area contributed by atoms with Crippen LogP contribution in [0, 0.1) is 22.7 Å². The van der Waals surface area contributed by atoms with Gasteiger partial charge in [0.15, 0.2) is 30.6 Å². The lowest BCUT2D eigenvalue weighted by Crippen LogP contribution is -2.79. The van der Waals surface area contributed by atoms with Crippen molar-refractivity contribution >= 4 is 17.7 Å². The molecule has 370 valence electrons. The molecule has 3 heterocycles. The highest BCUT2D eigenvalue weighted by Crippen LogP contribution is 2.69. The molecular weight excluding hydrogens is 852 g/mol. The number of esters is 2. The van der Waals surface area contributed by atoms with E-state index >= 15 is 0 Å². The minimum Gasteiger partial charge on any atom is -0.457 e. The SMILES string of the molecule is COC1CC(C)(OC2CCC3(C)C(=CCC4(O)C3C(O)C(O)C3(C)C(C(C)=O)CCC43O)C2)OC(C)C1OC1CC(OC)C(OC2OC(C)C(OC(C)=O)C(OC)C2OC(C)=O)C(C)O1. The van der Waals surface area contributed by atoms with E-state index in [-0.39, 0.29) is 31.1 Å². The van der Waals surface area contributed by atoms with Crippen LogP contribution >= 0.6 is 0 Å². The molecule has 4 aliphatic carbocycles. The Kier molecular flexibility index (Phi) is 14.5. The number of aliphatic hydroxyl groups is 4. The van der Waals surface area contributed by atoms with Crippen LogP contribution in [0.3, 0.4) is 0 Å². The number of carbonyl (C=O) groups is 3. The Balaban J connectivity index is 0.996. The van der Waals surface area contributed by atoms with Crippen LogP contribution in [0.2, 0.25) is 0 Å². The lowest BCUT2D eigenvalue weighted by atomic mass is 9.42. The van der Waals surface area contributed by atoms with Crippen LogP contribution in [0.5, 0.6) is 0 Å². The molecule has 6 fully saturated rings. The van der Waals surface area contributed by atoms with Crippen molar-refractivity contribution in [2.45, 2.75) is 223 Å². The topological polar surface area (TPSA) is 234 Å². The van der Waals surface area contributed by atoms with Crippen LogP contribution in [0.25, 0.3) is 0 Å². The van der Waals surface area contributed by atoms with E-state index < -0.39 is 137 Å². The predicted octanol–water partition coefficient (Wildman–Crippen LogP) is 2.79. The summed E-state index contributed by atoms with van der Waals surface area (Å²) in [7, 11) is 4.60. The van der Waals surface area contributed by atoms with Gasteiger partial charge in [-0.2, -0.15) is 0 Å². The molecule has 4 N–H and O–H groups in total. The number of fused-ring (bicyclic) bond motifs is 5. The van der Waals surface area contributed by atoms with Gasteiger partial charge >= 0.3 is 11.9 Å². The normalized spacial score (nSPS) is 50.9. The molecule has 0 aromatic heterocycles. The summed E-state index contributed by atoms with van der Waals surface area (Å²) in [4.78, 5) is 36.9. The first-order valence-corrected chi connectivity index (χ1v) is 23.3. The van der Waals surface area contributed by atoms with Gasteiger partial charge < -0.3 is 72.5 Å². The third-order valence-electron chi connectivity index (χ3n) is 16.6. The zero-order chi connectivity index (χ0) is 47.8. The van der Waals surface area contributed by atoms with Crippen LogP contribution in [-0.4, -0.2) is 168 Å². The fraction of sp³-hybridized carbons (Fsp3) is 0.894. The van der Waals surface area contributed by atoms with Crippen molar-refractivity contribution in [1.29, 1.82) is 0 Å². The largest absolute Gasteiger partial charge is 0.457 e. The summed E-state index contributed by atoms with van der Waals surface area (Å²) in [5, 5.41) is 48.6. The van der Waals surface area contributed by atoms with Gasteiger partial charge in [-0.1, -0.05) is 25.5 Å². The van der Waals surface area contributed by atoms with Crippen LogP contribution in [0.15, 0.2) is 11.6 Å². The molecule has 0 bridgehead atoms. The summed E-state index contributed by atoms with van der Waals surface area (Å²) >= 11 is 0. The van der Waals surface area contributed by atoms with Crippen molar-refractivity contribution < 1.29 is 86.9 Å². The maximum atomic E-state index is 12.8. The molecule has 3 saturated carbocycles. The molecule has 22 unspecified atom stereocenters. The second-order valence-electron chi connectivity index (χ2n) is 20.5. The second kappa shape index (κ2) is 18.6. The van der Waals surface area contributed by atoms with Crippen molar-refractivity contribution in [3.8, 4) is 0 Å². The summed E-state index contributed by atoms with van der Waals surface area (Å²) in [6, 6.07) is 0. The van der Waals surface area contributed by atoms with Crippen LogP contribution in [-0.2, 0) is 66.5 Å². The Morgan fingerprint density at radius 1 is 0.754 bits per heavy atom. The molecule has 0 aromatic rings. The number of methoxy groups -OCH3 is 3. The first kappa shape index (κ1) is 50.7. The molecule has 3 aliphatic heterocycles. The Labute approximate surface area is 382 Å². The summed E-state index contributed by atoms with van der Waals surface area (Å²) < 4.78 is 67.9. The minimum atomic E-state index is -1.78. The molecule has 18 nitrogen and oxygen atoms in total. The number of ether oxygens (including phenoxy) is 11. The number of hydrogen-bond acceptors (Lipinski definition) is 18. The van der Waals surface area contributed by atoms with Gasteiger partial charge in [-0.3, -0.25) is 14.4 Å². The molecule has 0 aromatic carbocycles. The van der Waals surface area contributed by atoms with Crippen LogP contribution in [0.4, 0.5) is 0 Å². The third kappa shape index (κ3) is 8.56. The van der Waals surface area contributed by atoms with Crippen molar-refractivity contribution in [3.63, 3.8) is 0 Å². The van der Waals surface area contributed by atoms with E-state index in [1.807, 2.05) is 33.8 Å². The van der Waals surface area contributed by atoms with E-state index in [2.05, 4.69) is 0 Å². The van der Waals surface area contributed by atoms with Gasteiger partial charge in [-0.25, -0.2) is 0 Å². The van der Waals surface area contributed by atoms with Gasteiger partial charge in [0.05, 0.1) is 48.8 Å². The molecule has 22 atom stereocenters. The maximum absolute atomic E-state index is 12.8. The number of hydrogen-bond donors (Lipinski definition) is 4. The van der Waals surface area contributed by atoms with Gasteiger partial charge in [-0.05, 0) is 78.6 Å². The predicted molar refractivity (Wildman–Crippen MR) is 227 cm³/mol. The van der Waals surface area contributed by atoms with Gasteiger partial charge in [0.2, 0.25) is 0 Å². The van der Waals surface area contributed by atoms with Gasteiger partial charge in [0, 0.05) is 65.3 Å². The average Bonchev–Trinajstić information content (AvgIpc) is 3.52. The molecule has 0 radical (unpaired) electrons. The maximum Gasteiger partial charge on any atom is 0.303 e. The van der Waals surface area contributed by atoms with Crippen molar-refractivity contribution in [2.75, 3.05) is 21.3 Å². The van der Waals surface area contributed by atoms with E-state index in [0.29, 0.717) is 32.1 Å². The Morgan fingerprint density at radius 3 is 2.00 bits per heavy atom. The van der Waals surface area contributed by atoms with E-state index in [0.717, 1.165) is 5.57 Å². The molecule has 65 heavy (non-hydrogen) atoms. The number of ketones is 1. The Hall–Kier alpha value is -2.17. The monoisotopic (exact) mass is 926 g/mol. The highest BCUT2D eigenvalue weighted by Gasteiger charge is 2.78. The van der Waals surface area contributed by atoms with Gasteiger partial charge in [-0.15, -0.1) is 0 Å². The highest BCUT2D eigenvalue weighted by atomic mass is 16.8. The summed E-state index contributed by atoms with van der Waals surface area (Å²) in [5.74, 6) is -3.95. The van der Waals surface area contributed by atoms with Crippen molar-refractivity contribution in [2.24, 2.45) is 22.7 Å². The summed E-state index contributed by atoms with van der Waals surface area (Å²) in [5.41, 5.74) is -4.73. The van der Waals surface area contributed by atoms with E-state index in [9.17, 15) is 34.8 Å². The zero-order valence-corrected chi connectivity index (χ0v) is 40.1. The number of aliphatic hydroxyl groups excluding tert-OH is 2. The van der Waals surface area contributed by atoms with Gasteiger partial charge in [0.1, 0.15) is 35.3 Å². The third-order valence-corrected chi connectivity index (χ3v) is 16.6. The first-order valence-electron chi connectivity index (χ1n) is 23.3. The summed E-state index contributed by atoms with van der Waals surface area (Å²) in [6.45, 7) is 14.9. The molecule has 3 saturated heterocycles. The van der Waals surface area contributed by atoms with Gasteiger partial charge in [0.25, 0.3) is 0 Å². The fourth-order valence-electron chi connectivity index (χ4n) is 13.5. The summed E-state index contributed by atoms with van der Waals surface area (Å²) in [6.07, 6.45) is -7.16. The van der Waals surface area contributed by atoms with E-state index in [1.165, 1.54) is 27.9 Å². The lowest BCUT2D eigenvalue weighted by molar-refractivity contribution is -0.364. The molecule has 18 heteroatoms. The highest BCUT2D eigenvalue weighted by molar-refractivity contribution is 5.80. The number of Topliss-reactive ketones (excluding diaryl/α,β-unsaturated/α-hetero) is 1. The first-order chi connectivity index (χ1) is 30.4. The van der Waals surface area contributed by atoms with Crippen molar-refractivity contribution in [3.05, 3.63) is 11.6 Å². The quantitative estimate of drug-likeness (QED) is 0.163. The average molecular weight is 927 g/mol. The van der Waals surface area contributed by atoms with E-state index in [1.54, 1.807) is 28.1 Å². The molecular formula is C47H74O18. The molecule has 0 amide bonds. The Bertz CT molecular complexity index is 1800. The number of rotatable bonds is 12.